The van der Waals surface area contributed by atoms with Gasteiger partial charge in [-0.25, -0.2) is 0 Å². The number of nitrogens with zero attached hydrogens (tertiary/aromatic N) is 3. The van der Waals surface area contributed by atoms with Gasteiger partial charge in [-0.15, -0.1) is 0 Å². The molecule has 2 heterocycles. The van der Waals surface area contributed by atoms with E-state index in [0.717, 1.165) is 38.9 Å². The lowest BCUT2D eigenvalue weighted by molar-refractivity contribution is -0.153. The van der Waals surface area contributed by atoms with Crippen LogP contribution in [0.5, 0.6) is 0 Å². The highest BCUT2D eigenvalue weighted by molar-refractivity contribution is 5.78. The van der Waals surface area contributed by atoms with Crippen molar-refractivity contribution in [1.82, 2.24) is 14.7 Å². The molecular weight excluding hydrogens is 218 g/mol. The Morgan fingerprint density at radius 1 is 1.47 bits per heavy atom. The Morgan fingerprint density at radius 3 is 2.94 bits per heavy atom. The van der Waals surface area contributed by atoms with Crippen LogP contribution < -0.4 is 0 Å². The minimum Gasteiger partial charge on any atom is -0.480 e. The molecule has 1 aromatic heterocycles. The molecule has 17 heavy (non-hydrogen) atoms. The lowest BCUT2D eigenvalue weighted by Crippen LogP contribution is -2.55. The van der Waals surface area contributed by atoms with E-state index in [1.807, 2.05) is 23.9 Å². The molecule has 0 aromatic carbocycles. The molecule has 1 N–H and O–H groups in total. The minimum absolute atomic E-state index is 0.703. The van der Waals surface area contributed by atoms with E-state index >= 15 is 0 Å². The highest BCUT2D eigenvalue weighted by atomic mass is 16.4. The summed E-state index contributed by atoms with van der Waals surface area (Å²) >= 11 is 0. The molecule has 0 bridgehead atoms. The number of hydrogen-bond donors (Lipinski definition) is 1. The largest absolute Gasteiger partial charge is 0.480 e. The van der Waals surface area contributed by atoms with Gasteiger partial charge in [-0.1, -0.05) is 0 Å². The first-order valence-electron chi connectivity index (χ1n) is 6.09. The summed E-state index contributed by atoms with van der Waals surface area (Å²) in [5.41, 5.74) is -0.703. The zero-order valence-electron chi connectivity index (χ0n) is 10.2. The molecule has 5 heteroatoms. The summed E-state index contributed by atoms with van der Waals surface area (Å²) in [5.74, 6) is -0.710. The molecule has 1 aliphatic heterocycles. The molecule has 0 spiro atoms. The number of rotatable bonds is 4. The van der Waals surface area contributed by atoms with Crippen LogP contribution in [0.25, 0.3) is 0 Å². The van der Waals surface area contributed by atoms with Gasteiger partial charge in [-0.2, -0.15) is 5.10 Å². The molecule has 1 aromatic rings. The smallest absolute Gasteiger partial charge is 0.323 e. The summed E-state index contributed by atoms with van der Waals surface area (Å²) in [5, 5.41) is 13.5. The molecule has 1 fully saturated rings. The van der Waals surface area contributed by atoms with E-state index in [9.17, 15) is 9.90 Å². The number of hydrogen-bond acceptors (Lipinski definition) is 3. The third kappa shape index (κ3) is 2.49. The van der Waals surface area contributed by atoms with Crippen molar-refractivity contribution in [3.63, 3.8) is 0 Å². The number of aliphatic carboxylic acids is 1. The summed E-state index contributed by atoms with van der Waals surface area (Å²) in [4.78, 5) is 13.5. The van der Waals surface area contributed by atoms with Crippen LogP contribution in [0.1, 0.15) is 26.2 Å². The van der Waals surface area contributed by atoms with Gasteiger partial charge in [-0.05, 0) is 38.8 Å². The first-order chi connectivity index (χ1) is 8.13. The van der Waals surface area contributed by atoms with Crippen molar-refractivity contribution in [2.45, 2.75) is 38.3 Å². The van der Waals surface area contributed by atoms with Crippen LogP contribution in [0.15, 0.2) is 18.5 Å². The second-order valence-corrected chi connectivity index (χ2v) is 4.79. The molecule has 1 atom stereocenters. The van der Waals surface area contributed by atoms with E-state index in [0.29, 0.717) is 0 Å². The summed E-state index contributed by atoms with van der Waals surface area (Å²) in [7, 11) is 0. The van der Waals surface area contributed by atoms with Gasteiger partial charge in [0, 0.05) is 18.9 Å². The zero-order chi connectivity index (χ0) is 12.3. The number of carboxylic acids is 1. The number of piperidine rings is 1. The Kier molecular flexibility index (Phi) is 3.47. The van der Waals surface area contributed by atoms with Gasteiger partial charge in [0.25, 0.3) is 0 Å². The Hall–Kier alpha value is -1.36. The SMILES string of the molecule is CC1(C(=O)O)CCCCN1CCn1cccn1. The van der Waals surface area contributed by atoms with Crippen LogP contribution in [0.4, 0.5) is 0 Å². The van der Waals surface area contributed by atoms with Crippen LogP contribution in [-0.2, 0) is 11.3 Å². The Bertz CT molecular complexity index is 377. The Balaban J connectivity index is 1.99. The topological polar surface area (TPSA) is 58.4 Å². The van der Waals surface area contributed by atoms with Crippen molar-refractivity contribution in [2.75, 3.05) is 13.1 Å². The standard InChI is InChI=1S/C12H19N3O2/c1-12(11(16)17)5-2-3-7-14(12)9-10-15-8-4-6-13-15/h4,6,8H,2-3,5,7,9-10H2,1H3,(H,16,17). The van der Waals surface area contributed by atoms with Gasteiger partial charge in [0.1, 0.15) is 5.54 Å². The second-order valence-electron chi connectivity index (χ2n) is 4.79. The van der Waals surface area contributed by atoms with Gasteiger partial charge in [-0.3, -0.25) is 14.4 Å². The van der Waals surface area contributed by atoms with Crippen LogP contribution in [0, 0.1) is 0 Å². The monoisotopic (exact) mass is 237 g/mol. The molecule has 0 amide bonds. The van der Waals surface area contributed by atoms with E-state index in [1.165, 1.54) is 0 Å². The molecule has 1 unspecified atom stereocenters. The Morgan fingerprint density at radius 2 is 2.29 bits per heavy atom. The van der Waals surface area contributed by atoms with E-state index in [4.69, 9.17) is 0 Å². The van der Waals surface area contributed by atoms with Crippen molar-refractivity contribution >= 4 is 5.97 Å². The van der Waals surface area contributed by atoms with Crippen molar-refractivity contribution in [3.05, 3.63) is 18.5 Å². The zero-order valence-corrected chi connectivity index (χ0v) is 10.2. The molecule has 0 aliphatic carbocycles. The average molecular weight is 237 g/mol. The fourth-order valence-electron chi connectivity index (χ4n) is 2.43. The highest BCUT2D eigenvalue weighted by Crippen LogP contribution is 2.27. The van der Waals surface area contributed by atoms with E-state index in [-0.39, 0.29) is 0 Å². The maximum absolute atomic E-state index is 11.4. The van der Waals surface area contributed by atoms with Gasteiger partial charge in [0.2, 0.25) is 0 Å². The minimum atomic E-state index is -0.710. The fourth-order valence-corrected chi connectivity index (χ4v) is 2.43. The van der Waals surface area contributed by atoms with Crippen LogP contribution in [0.2, 0.25) is 0 Å². The summed E-state index contributed by atoms with van der Waals surface area (Å²) in [6.45, 7) is 4.18. The molecule has 0 radical (unpaired) electrons. The van der Waals surface area contributed by atoms with E-state index < -0.39 is 11.5 Å². The molecule has 1 saturated heterocycles. The van der Waals surface area contributed by atoms with Crippen molar-refractivity contribution in [2.24, 2.45) is 0 Å². The number of likely N-dealkylation sites (tertiary alicyclic amines) is 1. The second kappa shape index (κ2) is 4.87. The van der Waals surface area contributed by atoms with Crippen LogP contribution in [-0.4, -0.2) is 44.4 Å². The predicted octanol–water partition coefficient (Wildman–Crippen LogP) is 1.21. The van der Waals surface area contributed by atoms with Gasteiger partial charge >= 0.3 is 5.97 Å². The molecule has 1 aliphatic rings. The number of carbonyl (C=O) groups is 1. The summed E-state index contributed by atoms with van der Waals surface area (Å²) < 4.78 is 1.84. The maximum atomic E-state index is 11.4. The van der Waals surface area contributed by atoms with Gasteiger partial charge in [0.05, 0.1) is 6.54 Å². The van der Waals surface area contributed by atoms with E-state index in [2.05, 4.69) is 10.00 Å². The van der Waals surface area contributed by atoms with Gasteiger partial charge in [0.15, 0.2) is 0 Å². The van der Waals surface area contributed by atoms with Crippen molar-refractivity contribution in [1.29, 1.82) is 0 Å². The molecule has 94 valence electrons. The maximum Gasteiger partial charge on any atom is 0.323 e. The number of carboxylic acid groups (broad SMARTS) is 1. The lowest BCUT2D eigenvalue weighted by atomic mass is 9.88. The summed E-state index contributed by atoms with van der Waals surface area (Å²) in [6, 6.07) is 1.88. The number of aromatic nitrogens is 2. The first kappa shape index (κ1) is 12.1. The third-order valence-corrected chi connectivity index (χ3v) is 3.66. The highest BCUT2D eigenvalue weighted by Gasteiger charge is 2.40. The average Bonchev–Trinajstić information content (AvgIpc) is 2.81. The fraction of sp³-hybridized carbons (Fsp3) is 0.667. The molecular formula is C12H19N3O2. The van der Waals surface area contributed by atoms with Crippen molar-refractivity contribution < 1.29 is 9.90 Å². The van der Waals surface area contributed by atoms with Crippen LogP contribution in [0.3, 0.4) is 0 Å². The van der Waals surface area contributed by atoms with Gasteiger partial charge < -0.3 is 5.11 Å². The quantitative estimate of drug-likeness (QED) is 0.855. The van der Waals surface area contributed by atoms with Crippen LogP contribution >= 0.6 is 0 Å². The predicted molar refractivity (Wildman–Crippen MR) is 63.7 cm³/mol. The molecule has 5 nitrogen and oxygen atoms in total. The summed E-state index contributed by atoms with van der Waals surface area (Å²) in [6.07, 6.45) is 6.47. The normalized spacial score (nSPS) is 25.9. The van der Waals surface area contributed by atoms with Crippen molar-refractivity contribution in [3.8, 4) is 0 Å². The molecule has 0 saturated carbocycles. The first-order valence-corrected chi connectivity index (χ1v) is 6.09. The Labute approximate surface area is 101 Å². The lowest BCUT2D eigenvalue weighted by Gasteiger charge is -2.41. The third-order valence-electron chi connectivity index (χ3n) is 3.66. The van der Waals surface area contributed by atoms with E-state index in [1.54, 1.807) is 6.20 Å². The molecule has 2 rings (SSSR count).